The van der Waals surface area contributed by atoms with Crippen molar-refractivity contribution in [1.29, 1.82) is 0 Å². The second-order valence-corrected chi connectivity index (χ2v) is 4.66. The number of aromatic amines is 1. The van der Waals surface area contributed by atoms with Crippen molar-refractivity contribution in [3.63, 3.8) is 0 Å². The summed E-state index contributed by atoms with van der Waals surface area (Å²) >= 11 is 0. The summed E-state index contributed by atoms with van der Waals surface area (Å²) in [5.74, 6) is 0.960. The van der Waals surface area contributed by atoms with Crippen molar-refractivity contribution >= 4 is 0 Å². The van der Waals surface area contributed by atoms with Gasteiger partial charge in [-0.2, -0.15) is 15.4 Å². The molecule has 4 nitrogen and oxygen atoms in total. The van der Waals surface area contributed by atoms with E-state index in [0.717, 1.165) is 37.3 Å². The molecule has 0 fully saturated rings. The van der Waals surface area contributed by atoms with Gasteiger partial charge in [-0.15, -0.1) is 0 Å². The predicted octanol–water partition coefficient (Wildman–Crippen LogP) is 3.16. The van der Waals surface area contributed by atoms with E-state index in [1.807, 2.05) is 12.1 Å². The van der Waals surface area contributed by atoms with Crippen LogP contribution in [0.1, 0.15) is 37.4 Å². The van der Waals surface area contributed by atoms with E-state index in [9.17, 15) is 0 Å². The van der Waals surface area contributed by atoms with Gasteiger partial charge in [-0.05, 0) is 37.0 Å². The lowest BCUT2D eigenvalue weighted by Crippen LogP contribution is -1.97. The summed E-state index contributed by atoms with van der Waals surface area (Å²) in [6.45, 7) is 3.01. The van der Waals surface area contributed by atoms with Crippen molar-refractivity contribution in [3.05, 3.63) is 41.7 Å². The van der Waals surface area contributed by atoms with E-state index in [0.29, 0.717) is 0 Å². The smallest absolute Gasteiger partial charge is 0.119 e. The molecule has 0 bridgehead atoms. The molecule has 0 amide bonds. The molecule has 1 aromatic heterocycles. The Hall–Kier alpha value is -1.84. The van der Waals surface area contributed by atoms with Gasteiger partial charge < -0.3 is 4.74 Å². The van der Waals surface area contributed by atoms with Crippen molar-refractivity contribution in [2.24, 2.45) is 0 Å². The van der Waals surface area contributed by atoms with Gasteiger partial charge in [0.2, 0.25) is 0 Å². The fourth-order valence-electron chi connectivity index (χ4n) is 1.91. The van der Waals surface area contributed by atoms with Crippen LogP contribution in [0.4, 0.5) is 0 Å². The third kappa shape index (κ3) is 4.73. The number of hydrogen-bond donors (Lipinski definition) is 1. The molecule has 0 unspecified atom stereocenters. The zero-order valence-corrected chi connectivity index (χ0v) is 11.4. The van der Waals surface area contributed by atoms with Crippen molar-refractivity contribution < 1.29 is 4.74 Å². The van der Waals surface area contributed by atoms with E-state index in [1.165, 1.54) is 18.4 Å². The highest BCUT2D eigenvalue weighted by Crippen LogP contribution is 2.14. The van der Waals surface area contributed by atoms with Crippen molar-refractivity contribution in [2.45, 2.75) is 39.0 Å². The standard InChI is InChI=1S/C15H21N3O/c1-2-3-4-11-19-15-9-6-13(7-10-15)5-8-14-12-16-18-17-14/h6-7,9-10,12H,2-5,8,11H2,1H3,(H,16,17,18). The van der Waals surface area contributed by atoms with E-state index in [4.69, 9.17) is 4.74 Å². The Bertz CT molecular complexity index is 451. The van der Waals surface area contributed by atoms with E-state index >= 15 is 0 Å². The molecule has 2 aromatic rings. The molecular formula is C15H21N3O. The van der Waals surface area contributed by atoms with Crippen molar-refractivity contribution in [3.8, 4) is 5.75 Å². The van der Waals surface area contributed by atoms with Crippen LogP contribution in [-0.2, 0) is 12.8 Å². The van der Waals surface area contributed by atoms with Crippen LogP contribution in [-0.4, -0.2) is 22.0 Å². The fourth-order valence-corrected chi connectivity index (χ4v) is 1.91. The fraction of sp³-hybridized carbons (Fsp3) is 0.467. The quantitative estimate of drug-likeness (QED) is 0.741. The second kappa shape index (κ2) is 7.56. The Morgan fingerprint density at radius 3 is 2.63 bits per heavy atom. The van der Waals surface area contributed by atoms with Crippen LogP contribution in [0.15, 0.2) is 30.5 Å². The van der Waals surface area contributed by atoms with Gasteiger partial charge in [0.1, 0.15) is 5.75 Å². The molecule has 1 N–H and O–H groups in total. The molecule has 0 saturated carbocycles. The predicted molar refractivity (Wildman–Crippen MR) is 75.3 cm³/mol. The first-order valence-corrected chi connectivity index (χ1v) is 6.95. The van der Waals surface area contributed by atoms with Crippen LogP contribution in [0.3, 0.4) is 0 Å². The number of ether oxygens (including phenoxy) is 1. The van der Waals surface area contributed by atoms with Gasteiger partial charge >= 0.3 is 0 Å². The first kappa shape index (κ1) is 13.6. The summed E-state index contributed by atoms with van der Waals surface area (Å²) in [5.41, 5.74) is 2.30. The van der Waals surface area contributed by atoms with Crippen LogP contribution in [0.2, 0.25) is 0 Å². The number of unbranched alkanes of at least 4 members (excludes halogenated alkanes) is 2. The van der Waals surface area contributed by atoms with Crippen molar-refractivity contribution in [1.82, 2.24) is 15.4 Å². The number of benzene rings is 1. The normalized spacial score (nSPS) is 10.6. The molecule has 4 heteroatoms. The molecule has 0 aliphatic heterocycles. The monoisotopic (exact) mass is 259 g/mol. The maximum Gasteiger partial charge on any atom is 0.119 e. The van der Waals surface area contributed by atoms with E-state index < -0.39 is 0 Å². The molecule has 0 spiro atoms. The van der Waals surface area contributed by atoms with Gasteiger partial charge in [0.25, 0.3) is 0 Å². The minimum absolute atomic E-state index is 0.812. The zero-order valence-electron chi connectivity index (χ0n) is 11.4. The largest absolute Gasteiger partial charge is 0.494 e. The molecule has 0 radical (unpaired) electrons. The Morgan fingerprint density at radius 1 is 1.11 bits per heavy atom. The Kier molecular flexibility index (Phi) is 5.41. The second-order valence-electron chi connectivity index (χ2n) is 4.66. The van der Waals surface area contributed by atoms with Gasteiger partial charge in [-0.25, -0.2) is 0 Å². The number of rotatable bonds is 8. The summed E-state index contributed by atoms with van der Waals surface area (Å²) in [6.07, 6.45) is 7.24. The maximum atomic E-state index is 5.69. The minimum Gasteiger partial charge on any atom is -0.494 e. The lowest BCUT2D eigenvalue weighted by atomic mass is 10.1. The molecule has 0 saturated heterocycles. The summed E-state index contributed by atoms with van der Waals surface area (Å²) in [7, 11) is 0. The summed E-state index contributed by atoms with van der Waals surface area (Å²) in [4.78, 5) is 0. The van der Waals surface area contributed by atoms with E-state index in [2.05, 4.69) is 34.5 Å². The Morgan fingerprint density at radius 2 is 1.95 bits per heavy atom. The molecule has 1 heterocycles. The maximum absolute atomic E-state index is 5.69. The van der Waals surface area contributed by atoms with Gasteiger partial charge in [-0.3, -0.25) is 0 Å². The lowest BCUT2D eigenvalue weighted by molar-refractivity contribution is 0.306. The first-order chi connectivity index (χ1) is 9.38. The SMILES string of the molecule is CCCCCOc1ccc(CCc2cn[nH]n2)cc1. The molecular weight excluding hydrogens is 238 g/mol. The highest BCUT2D eigenvalue weighted by Gasteiger charge is 1.99. The number of aromatic nitrogens is 3. The summed E-state index contributed by atoms with van der Waals surface area (Å²) < 4.78 is 5.69. The lowest BCUT2D eigenvalue weighted by Gasteiger charge is -2.06. The summed E-state index contributed by atoms with van der Waals surface area (Å²) in [5, 5.41) is 10.5. The van der Waals surface area contributed by atoms with E-state index in [1.54, 1.807) is 6.20 Å². The van der Waals surface area contributed by atoms with Crippen LogP contribution >= 0.6 is 0 Å². The third-order valence-corrected chi connectivity index (χ3v) is 3.07. The van der Waals surface area contributed by atoms with Gasteiger partial charge in [-0.1, -0.05) is 31.9 Å². The number of nitrogens with zero attached hydrogens (tertiary/aromatic N) is 2. The molecule has 2 rings (SSSR count). The topological polar surface area (TPSA) is 50.8 Å². The highest BCUT2D eigenvalue weighted by atomic mass is 16.5. The van der Waals surface area contributed by atoms with Gasteiger partial charge in [0, 0.05) is 0 Å². The Labute approximate surface area is 114 Å². The minimum atomic E-state index is 0.812. The van der Waals surface area contributed by atoms with Crippen LogP contribution in [0.25, 0.3) is 0 Å². The van der Waals surface area contributed by atoms with Gasteiger partial charge in [0.15, 0.2) is 0 Å². The molecule has 1 aromatic carbocycles. The van der Waals surface area contributed by atoms with Crippen LogP contribution < -0.4 is 4.74 Å². The van der Waals surface area contributed by atoms with E-state index in [-0.39, 0.29) is 0 Å². The molecule has 102 valence electrons. The molecule has 0 atom stereocenters. The van der Waals surface area contributed by atoms with Crippen molar-refractivity contribution in [2.75, 3.05) is 6.61 Å². The third-order valence-electron chi connectivity index (χ3n) is 3.07. The average molecular weight is 259 g/mol. The number of aryl methyl sites for hydroxylation is 2. The van der Waals surface area contributed by atoms with Crippen LogP contribution in [0, 0.1) is 0 Å². The zero-order chi connectivity index (χ0) is 13.3. The highest BCUT2D eigenvalue weighted by molar-refractivity contribution is 5.27. The number of hydrogen-bond acceptors (Lipinski definition) is 3. The Balaban J connectivity index is 1.74. The number of H-pyrrole nitrogens is 1. The number of nitrogens with one attached hydrogen (secondary N) is 1. The average Bonchev–Trinajstić information content (AvgIpc) is 2.96. The first-order valence-electron chi connectivity index (χ1n) is 6.95. The van der Waals surface area contributed by atoms with Crippen LogP contribution in [0.5, 0.6) is 5.75 Å². The summed E-state index contributed by atoms with van der Waals surface area (Å²) in [6, 6.07) is 8.33. The molecule has 0 aliphatic rings. The van der Waals surface area contributed by atoms with Gasteiger partial charge in [0.05, 0.1) is 18.5 Å². The molecule has 19 heavy (non-hydrogen) atoms. The molecule has 0 aliphatic carbocycles.